The summed E-state index contributed by atoms with van der Waals surface area (Å²) >= 11 is 6.14. The standard InChI is InChI=1S/C14H11ClN4/c15-12-5-2-6-13-17-18-14(19(12)13)8-7-10-3-1-4-11(16)9-10/h1-9H,16H2/b8-7-. The molecule has 0 atom stereocenters. The van der Waals surface area contributed by atoms with Gasteiger partial charge in [0.1, 0.15) is 5.15 Å². The molecule has 19 heavy (non-hydrogen) atoms. The van der Waals surface area contributed by atoms with Crippen molar-refractivity contribution in [3.8, 4) is 0 Å². The Morgan fingerprint density at radius 3 is 2.74 bits per heavy atom. The number of halogens is 1. The molecule has 0 radical (unpaired) electrons. The third kappa shape index (κ3) is 2.30. The smallest absolute Gasteiger partial charge is 0.162 e. The van der Waals surface area contributed by atoms with Gasteiger partial charge in [0.25, 0.3) is 0 Å². The van der Waals surface area contributed by atoms with Gasteiger partial charge in [-0.1, -0.05) is 35.9 Å². The van der Waals surface area contributed by atoms with Crippen molar-refractivity contribution in [2.24, 2.45) is 0 Å². The number of rotatable bonds is 2. The second-order valence-electron chi connectivity index (χ2n) is 4.10. The summed E-state index contributed by atoms with van der Waals surface area (Å²) in [6.07, 6.45) is 3.79. The molecule has 2 heterocycles. The summed E-state index contributed by atoms with van der Waals surface area (Å²) in [5.74, 6) is 0.683. The fourth-order valence-electron chi connectivity index (χ4n) is 1.87. The molecule has 94 valence electrons. The molecule has 2 aromatic heterocycles. The van der Waals surface area contributed by atoms with Gasteiger partial charge < -0.3 is 5.73 Å². The maximum atomic E-state index is 6.14. The van der Waals surface area contributed by atoms with Crippen molar-refractivity contribution in [3.05, 3.63) is 59.0 Å². The zero-order valence-electron chi connectivity index (χ0n) is 9.99. The van der Waals surface area contributed by atoms with Gasteiger partial charge in [-0.05, 0) is 35.9 Å². The minimum atomic E-state index is 0.578. The van der Waals surface area contributed by atoms with E-state index in [0.29, 0.717) is 11.0 Å². The second-order valence-corrected chi connectivity index (χ2v) is 4.49. The van der Waals surface area contributed by atoms with Crippen LogP contribution in [-0.2, 0) is 0 Å². The van der Waals surface area contributed by atoms with Crippen LogP contribution in [-0.4, -0.2) is 14.6 Å². The predicted octanol–water partition coefficient (Wildman–Crippen LogP) is 3.14. The molecular formula is C14H11ClN4. The van der Waals surface area contributed by atoms with Crippen molar-refractivity contribution in [1.29, 1.82) is 0 Å². The Hall–Kier alpha value is -2.33. The van der Waals surface area contributed by atoms with Crippen LogP contribution in [0.25, 0.3) is 17.8 Å². The highest BCUT2D eigenvalue weighted by atomic mass is 35.5. The van der Waals surface area contributed by atoms with E-state index in [9.17, 15) is 0 Å². The zero-order valence-corrected chi connectivity index (χ0v) is 10.7. The van der Waals surface area contributed by atoms with Crippen molar-refractivity contribution in [2.45, 2.75) is 0 Å². The largest absolute Gasteiger partial charge is 0.399 e. The molecule has 0 aliphatic heterocycles. The van der Waals surface area contributed by atoms with Gasteiger partial charge in [0, 0.05) is 5.69 Å². The molecule has 0 saturated carbocycles. The first kappa shape index (κ1) is 11.7. The first-order valence-corrected chi connectivity index (χ1v) is 6.15. The van der Waals surface area contributed by atoms with Crippen molar-refractivity contribution >= 4 is 35.1 Å². The highest BCUT2D eigenvalue weighted by Crippen LogP contribution is 2.16. The summed E-state index contributed by atoms with van der Waals surface area (Å²) in [5, 5.41) is 8.74. The number of fused-ring (bicyclic) bond motifs is 1. The van der Waals surface area contributed by atoms with Crippen molar-refractivity contribution in [1.82, 2.24) is 14.6 Å². The van der Waals surface area contributed by atoms with Gasteiger partial charge in [-0.2, -0.15) is 0 Å². The molecule has 0 amide bonds. The third-order valence-electron chi connectivity index (χ3n) is 2.74. The minimum absolute atomic E-state index is 0.578. The molecule has 2 N–H and O–H groups in total. The van der Waals surface area contributed by atoms with E-state index in [1.165, 1.54) is 0 Å². The number of pyridine rings is 1. The summed E-state index contributed by atoms with van der Waals surface area (Å²) in [6, 6.07) is 13.1. The van der Waals surface area contributed by atoms with E-state index in [1.54, 1.807) is 10.5 Å². The molecule has 3 aromatic rings. The Balaban J connectivity index is 2.02. The molecule has 3 rings (SSSR count). The lowest BCUT2D eigenvalue weighted by atomic mass is 10.2. The fourth-order valence-corrected chi connectivity index (χ4v) is 2.11. The van der Waals surface area contributed by atoms with Crippen LogP contribution in [0.3, 0.4) is 0 Å². The summed E-state index contributed by atoms with van der Waals surface area (Å²) in [4.78, 5) is 0. The molecule has 0 fully saturated rings. The number of benzene rings is 1. The Morgan fingerprint density at radius 2 is 1.89 bits per heavy atom. The molecule has 0 spiro atoms. The van der Waals surface area contributed by atoms with Crippen LogP contribution in [0.5, 0.6) is 0 Å². The number of hydrogen-bond acceptors (Lipinski definition) is 3. The Bertz CT molecular complexity index is 761. The highest BCUT2D eigenvalue weighted by molar-refractivity contribution is 6.29. The molecule has 0 saturated heterocycles. The number of nitrogens with two attached hydrogens (primary N) is 1. The molecule has 0 aliphatic rings. The van der Waals surface area contributed by atoms with Crippen molar-refractivity contribution < 1.29 is 0 Å². The van der Waals surface area contributed by atoms with Gasteiger partial charge in [-0.15, -0.1) is 10.2 Å². The first-order chi connectivity index (χ1) is 9.24. The predicted molar refractivity (Wildman–Crippen MR) is 77.8 cm³/mol. The fraction of sp³-hybridized carbons (Fsp3) is 0. The van der Waals surface area contributed by atoms with Crippen LogP contribution in [0.2, 0.25) is 5.15 Å². The Labute approximate surface area is 115 Å². The van der Waals surface area contributed by atoms with Gasteiger partial charge in [-0.3, -0.25) is 4.40 Å². The third-order valence-corrected chi connectivity index (χ3v) is 3.04. The summed E-state index contributed by atoms with van der Waals surface area (Å²) < 4.78 is 1.78. The lowest BCUT2D eigenvalue weighted by molar-refractivity contribution is 1.08. The molecule has 0 aliphatic carbocycles. The molecule has 4 nitrogen and oxygen atoms in total. The molecule has 0 bridgehead atoms. The lowest BCUT2D eigenvalue weighted by Crippen LogP contribution is -1.89. The number of nitrogen functional groups attached to an aromatic ring is 1. The summed E-state index contributed by atoms with van der Waals surface area (Å²) in [7, 11) is 0. The second kappa shape index (κ2) is 4.74. The summed E-state index contributed by atoms with van der Waals surface area (Å²) in [5.41, 5.74) is 8.19. The maximum Gasteiger partial charge on any atom is 0.162 e. The number of aromatic nitrogens is 3. The van der Waals surface area contributed by atoms with E-state index in [1.807, 2.05) is 48.6 Å². The van der Waals surface area contributed by atoms with Crippen LogP contribution >= 0.6 is 11.6 Å². The van der Waals surface area contributed by atoms with Crippen LogP contribution in [0.1, 0.15) is 11.4 Å². The van der Waals surface area contributed by atoms with Gasteiger partial charge >= 0.3 is 0 Å². The minimum Gasteiger partial charge on any atom is -0.399 e. The van der Waals surface area contributed by atoms with Gasteiger partial charge in [0.15, 0.2) is 11.5 Å². The Kier molecular flexibility index (Phi) is 2.93. The van der Waals surface area contributed by atoms with Crippen LogP contribution in [0.15, 0.2) is 42.5 Å². The van der Waals surface area contributed by atoms with Crippen LogP contribution < -0.4 is 5.73 Å². The molecule has 1 aromatic carbocycles. The van der Waals surface area contributed by atoms with E-state index in [0.717, 1.165) is 16.9 Å². The average molecular weight is 271 g/mol. The van der Waals surface area contributed by atoms with Crippen molar-refractivity contribution in [3.63, 3.8) is 0 Å². The zero-order chi connectivity index (χ0) is 13.2. The number of nitrogens with zero attached hydrogens (tertiary/aromatic N) is 3. The normalized spacial score (nSPS) is 11.4. The van der Waals surface area contributed by atoms with E-state index >= 15 is 0 Å². The average Bonchev–Trinajstić information content (AvgIpc) is 2.81. The van der Waals surface area contributed by atoms with E-state index in [4.69, 9.17) is 17.3 Å². The first-order valence-electron chi connectivity index (χ1n) is 5.77. The molecular weight excluding hydrogens is 260 g/mol. The quantitative estimate of drug-likeness (QED) is 0.575. The SMILES string of the molecule is Nc1cccc(/C=C\c2nnc3cccc(Cl)n23)c1. The molecule has 5 heteroatoms. The van der Waals surface area contributed by atoms with Gasteiger partial charge in [0.05, 0.1) is 0 Å². The maximum absolute atomic E-state index is 6.14. The lowest BCUT2D eigenvalue weighted by Gasteiger charge is -1.98. The van der Waals surface area contributed by atoms with Crippen LogP contribution in [0, 0.1) is 0 Å². The van der Waals surface area contributed by atoms with E-state index in [2.05, 4.69) is 10.2 Å². The van der Waals surface area contributed by atoms with E-state index < -0.39 is 0 Å². The summed E-state index contributed by atoms with van der Waals surface area (Å²) in [6.45, 7) is 0. The van der Waals surface area contributed by atoms with Crippen molar-refractivity contribution in [2.75, 3.05) is 5.73 Å². The van der Waals surface area contributed by atoms with Gasteiger partial charge in [-0.25, -0.2) is 0 Å². The topological polar surface area (TPSA) is 56.2 Å². The van der Waals surface area contributed by atoms with Gasteiger partial charge in [0.2, 0.25) is 0 Å². The van der Waals surface area contributed by atoms with Crippen LogP contribution in [0.4, 0.5) is 5.69 Å². The van der Waals surface area contributed by atoms with E-state index in [-0.39, 0.29) is 0 Å². The Morgan fingerprint density at radius 1 is 1.05 bits per heavy atom. The highest BCUT2D eigenvalue weighted by Gasteiger charge is 2.04. The monoisotopic (exact) mass is 270 g/mol. The number of hydrogen-bond donors (Lipinski definition) is 1. The number of anilines is 1. The molecule has 0 unspecified atom stereocenters.